The number of rotatable bonds is 7. The van der Waals surface area contributed by atoms with Gasteiger partial charge < -0.3 is 19.5 Å². The molecule has 1 aromatic rings. The number of methoxy groups -OCH3 is 2. The van der Waals surface area contributed by atoms with Gasteiger partial charge in [0.05, 0.1) is 13.2 Å². The van der Waals surface area contributed by atoms with Crippen LogP contribution in [-0.4, -0.2) is 39.4 Å². The first kappa shape index (κ1) is 14.3. The van der Waals surface area contributed by atoms with Gasteiger partial charge in [0, 0.05) is 7.11 Å². The van der Waals surface area contributed by atoms with Gasteiger partial charge in [-0.05, 0) is 19.1 Å². The van der Waals surface area contributed by atoms with Crippen LogP contribution < -0.4 is 14.8 Å². The molecule has 0 aliphatic rings. The van der Waals surface area contributed by atoms with Crippen molar-refractivity contribution >= 4 is 5.91 Å². The molecule has 0 aromatic heterocycles. The molecule has 1 atom stereocenters. The van der Waals surface area contributed by atoms with Gasteiger partial charge >= 0.3 is 0 Å². The van der Waals surface area contributed by atoms with Gasteiger partial charge in [-0.2, -0.15) is 0 Å². The zero-order chi connectivity index (χ0) is 13.4. The number of amides is 1. The fraction of sp³-hybridized carbons (Fsp3) is 0.462. The van der Waals surface area contributed by atoms with E-state index in [1.54, 1.807) is 7.11 Å². The molecule has 100 valence electrons. The number of hydrogen-bond donors (Lipinski definition) is 1. The molecule has 0 aliphatic carbocycles. The van der Waals surface area contributed by atoms with Crippen LogP contribution >= 0.6 is 0 Å². The maximum absolute atomic E-state index is 11.3. The Hall–Kier alpha value is -1.75. The highest BCUT2D eigenvalue weighted by atomic mass is 16.5. The maximum Gasteiger partial charge on any atom is 0.246 e. The van der Waals surface area contributed by atoms with Crippen molar-refractivity contribution in [3.63, 3.8) is 0 Å². The quantitative estimate of drug-likeness (QED) is 0.794. The van der Waals surface area contributed by atoms with E-state index >= 15 is 0 Å². The topological polar surface area (TPSA) is 56.8 Å². The Labute approximate surface area is 107 Å². The average Bonchev–Trinajstić information content (AvgIpc) is 2.37. The van der Waals surface area contributed by atoms with Crippen molar-refractivity contribution in [2.24, 2.45) is 0 Å². The molecule has 0 aliphatic heterocycles. The minimum Gasteiger partial charge on any atom is -0.493 e. The van der Waals surface area contributed by atoms with Crippen LogP contribution in [0.1, 0.15) is 6.92 Å². The number of carbonyl (C=O) groups excluding carboxylic acids is 1. The predicted molar refractivity (Wildman–Crippen MR) is 68.0 cm³/mol. The summed E-state index contributed by atoms with van der Waals surface area (Å²) in [5.74, 6) is 1.18. The van der Waals surface area contributed by atoms with Crippen molar-refractivity contribution < 1.29 is 19.0 Å². The molecule has 0 bridgehead atoms. The molecule has 5 heteroatoms. The van der Waals surface area contributed by atoms with E-state index in [0.717, 1.165) is 0 Å². The highest BCUT2D eigenvalue weighted by Gasteiger charge is 2.09. The minimum absolute atomic E-state index is 0.0546. The van der Waals surface area contributed by atoms with Crippen LogP contribution in [0.4, 0.5) is 0 Å². The molecule has 1 N–H and O–H groups in total. The van der Waals surface area contributed by atoms with Gasteiger partial charge in [-0.25, -0.2) is 0 Å². The van der Waals surface area contributed by atoms with Crippen molar-refractivity contribution in [1.29, 1.82) is 0 Å². The molecule has 5 nitrogen and oxygen atoms in total. The van der Waals surface area contributed by atoms with Crippen molar-refractivity contribution in [2.45, 2.75) is 13.0 Å². The number of hydrogen-bond acceptors (Lipinski definition) is 4. The third-order valence-electron chi connectivity index (χ3n) is 2.24. The molecule has 0 unspecified atom stereocenters. The highest BCUT2D eigenvalue weighted by molar-refractivity contribution is 5.77. The van der Waals surface area contributed by atoms with Gasteiger partial charge in [0.15, 0.2) is 11.5 Å². The normalized spacial score (nSPS) is 11.7. The molecule has 0 fully saturated rings. The summed E-state index contributed by atoms with van der Waals surface area (Å²) in [5.41, 5.74) is 0. The summed E-state index contributed by atoms with van der Waals surface area (Å²) in [5, 5.41) is 2.76. The lowest BCUT2D eigenvalue weighted by Gasteiger charge is -2.16. The first-order valence-electron chi connectivity index (χ1n) is 5.71. The number of benzene rings is 1. The summed E-state index contributed by atoms with van der Waals surface area (Å²) in [6.45, 7) is 2.29. The Kier molecular flexibility index (Phi) is 6.00. The van der Waals surface area contributed by atoms with Gasteiger partial charge in [-0.3, -0.25) is 4.79 Å². The van der Waals surface area contributed by atoms with E-state index in [2.05, 4.69) is 5.32 Å². The lowest BCUT2D eigenvalue weighted by molar-refractivity contribution is -0.125. The monoisotopic (exact) mass is 253 g/mol. The second kappa shape index (κ2) is 7.55. The smallest absolute Gasteiger partial charge is 0.246 e. The molecule has 0 saturated carbocycles. The van der Waals surface area contributed by atoms with E-state index in [1.807, 2.05) is 31.2 Å². The molecule has 0 radical (unpaired) electrons. The van der Waals surface area contributed by atoms with Gasteiger partial charge in [0.25, 0.3) is 0 Å². The Morgan fingerprint density at radius 1 is 1.28 bits per heavy atom. The second-order valence-corrected chi connectivity index (χ2v) is 3.86. The summed E-state index contributed by atoms with van der Waals surface area (Å²) in [6, 6.07) is 7.28. The highest BCUT2D eigenvalue weighted by Crippen LogP contribution is 2.25. The summed E-state index contributed by atoms with van der Waals surface area (Å²) in [6.07, 6.45) is 0. The van der Waals surface area contributed by atoms with Crippen LogP contribution in [0.3, 0.4) is 0 Å². The van der Waals surface area contributed by atoms with Crippen LogP contribution in [0.25, 0.3) is 0 Å². The average molecular weight is 253 g/mol. The van der Waals surface area contributed by atoms with Gasteiger partial charge in [-0.15, -0.1) is 0 Å². The molecule has 0 heterocycles. The molecule has 1 aromatic carbocycles. The van der Waals surface area contributed by atoms with E-state index in [4.69, 9.17) is 14.2 Å². The third kappa shape index (κ3) is 4.63. The van der Waals surface area contributed by atoms with Crippen LogP contribution in [0.15, 0.2) is 24.3 Å². The molecule has 1 rings (SSSR count). The van der Waals surface area contributed by atoms with Crippen molar-refractivity contribution in [3.05, 3.63) is 24.3 Å². The van der Waals surface area contributed by atoms with Crippen LogP contribution in [0.2, 0.25) is 0 Å². The van der Waals surface area contributed by atoms with E-state index in [-0.39, 0.29) is 18.6 Å². The van der Waals surface area contributed by atoms with E-state index in [1.165, 1.54) is 7.11 Å². The third-order valence-corrected chi connectivity index (χ3v) is 2.24. The summed E-state index contributed by atoms with van der Waals surface area (Å²) in [7, 11) is 3.07. The molecular weight excluding hydrogens is 234 g/mol. The van der Waals surface area contributed by atoms with Gasteiger partial charge in [0.1, 0.15) is 13.2 Å². The maximum atomic E-state index is 11.3. The minimum atomic E-state index is -0.159. The van der Waals surface area contributed by atoms with Crippen molar-refractivity contribution in [3.8, 4) is 11.5 Å². The number of ether oxygens (including phenoxy) is 3. The lowest BCUT2D eigenvalue weighted by Crippen LogP contribution is -2.38. The molecule has 0 spiro atoms. The summed E-state index contributed by atoms with van der Waals surface area (Å²) in [4.78, 5) is 11.3. The lowest BCUT2D eigenvalue weighted by atomic mass is 10.3. The SMILES string of the molecule is COCC(=O)N[C@@H](C)COc1ccccc1OC. The van der Waals surface area contributed by atoms with Crippen LogP contribution in [-0.2, 0) is 9.53 Å². The molecule has 0 saturated heterocycles. The zero-order valence-electron chi connectivity index (χ0n) is 10.9. The molecule has 18 heavy (non-hydrogen) atoms. The van der Waals surface area contributed by atoms with Crippen molar-refractivity contribution in [2.75, 3.05) is 27.4 Å². The first-order valence-corrected chi connectivity index (χ1v) is 5.71. The zero-order valence-corrected chi connectivity index (χ0v) is 10.9. The fourth-order valence-corrected chi connectivity index (χ4v) is 1.44. The van der Waals surface area contributed by atoms with Gasteiger partial charge in [0.2, 0.25) is 5.91 Å². The Morgan fingerprint density at radius 2 is 1.94 bits per heavy atom. The number of nitrogens with one attached hydrogen (secondary N) is 1. The standard InChI is InChI=1S/C13H19NO4/c1-10(14-13(15)9-16-2)8-18-12-7-5-4-6-11(12)17-3/h4-7,10H,8-9H2,1-3H3,(H,14,15)/t10-/m0/s1. The van der Waals surface area contributed by atoms with E-state index < -0.39 is 0 Å². The van der Waals surface area contributed by atoms with Crippen molar-refractivity contribution in [1.82, 2.24) is 5.32 Å². The predicted octanol–water partition coefficient (Wildman–Crippen LogP) is 1.23. The number of para-hydroxylation sites is 2. The summed E-state index contributed by atoms with van der Waals surface area (Å²) >= 11 is 0. The first-order chi connectivity index (χ1) is 8.67. The second-order valence-electron chi connectivity index (χ2n) is 3.86. The van der Waals surface area contributed by atoms with E-state index in [9.17, 15) is 4.79 Å². The Balaban J connectivity index is 2.42. The Bertz CT molecular complexity index is 381. The van der Waals surface area contributed by atoms with Gasteiger partial charge in [-0.1, -0.05) is 12.1 Å². The van der Waals surface area contributed by atoms with E-state index in [0.29, 0.717) is 18.1 Å². The molecule has 1 amide bonds. The molecular formula is C13H19NO4. The van der Waals surface area contributed by atoms with Crippen LogP contribution in [0.5, 0.6) is 11.5 Å². The van der Waals surface area contributed by atoms with Crippen LogP contribution in [0, 0.1) is 0 Å². The fourth-order valence-electron chi connectivity index (χ4n) is 1.44. The Morgan fingerprint density at radius 3 is 2.56 bits per heavy atom. The summed E-state index contributed by atoms with van der Waals surface area (Å²) < 4.78 is 15.5. The largest absolute Gasteiger partial charge is 0.493 e. The number of carbonyl (C=O) groups is 1.